The van der Waals surface area contributed by atoms with Crippen molar-refractivity contribution in [2.24, 2.45) is 0 Å². The molecule has 114 valence electrons. The monoisotopic (exact) mass is 425 g/mol. The van der Waals surface area contributed by atoms with Gasteiger partial charge in [-0.25, -0.2) is 0 Å². The predicted octanol–water partition coefficient (Wildman–Crippen LogP) is 3.48. The fraction of sp³-hybridized carbons (Fsp3) is 0.125. The second-order valence-electron chi connectivity index (χ2n) is 4.86. The van der Waals surface area contributed by atoms with Crippen molar-refractivity contribution in [3.05, 3.63) is 57.7 Å². The standard InChI is InChI=1S/C16H16IN3OS/c1-20(2)14-8-6-13(7-9-14)18-16(22)19-15(21)11-4-3-5-12(17)10-11/h3-10H,1-2H3,(H2,18,19,21,22). The summed E-state index contributed by atoms with van der Waals surface area (Å²) in [5.41, 5.74) is 2.51. The summed E-state index contributed by atoms with van der Waals surface area (Å²) >= 11 is 7.34. The Morgan fingerprint density at radius 3 is 2.41 bits per heavy atom. The van der Waals surface area contributed by atoms with E-state index in [0.717, 1.165) is 14.9 Å². The van der Waals surface area contributed by atoms with Gasteiger partial charge in [-0.3, -0.25) is 10.1 Å². The van der Waals surface area contributed by atoms with Gasteiger partial charge in [-0.05, 0) is 77.3 Å². The average Bonchev–Trinajstić information content (AvgIpc) is 2.47. The van der Waals surface area contributed by atoms with E-state index in [1.54, 1.807) is 6.07 Å². The summed E-state index contributed by atoms with van der Waals surface area (Å²) in [6.45, 7) is 0. The van der Waals surface area contributed by atoms with Gasteiger partial charge in [0.2, 0.25) is 0 Å². The molecule has 0 saturated carbocycles. The van der Waals surface area contributed by atoms with Gasteiger partial charge in [-0.1, -0.05) is 6.07 Å². The van der Waals surface area contributed by atoms with E-state index >= 15 is 0 Å². The van der Waals surface area contributed by atoms with E-state index in [1.807, 2.05) is 61.5 Å². The van der Waals surface area contributed by atoms with Crippen molar-refractivity contribution in [1.29, 1.82) is 0 Å². The minimum absolute atomic E-state index is 0.221. The van der Waals surface area contributed by atoms with Crippen LogP contribution >= 0.6 is 34.8 Å². The van der Waals surface area contributed by atoms with E-state index in [2.05, 4.69) is 33.2 Å². The highest BCUT2D eigenvalue weighted by atomic mass is 127. The highest BCUT2D eigenvalue weighted by Crippen LogP contribution is 2.15. The lowest BCUT2D eigenvalue weighted by atomic mass is 10.2. The number of thiocarbonyl (C=S) groups is 1. The molecular weight excluding hydrogens is 409 g/mol. The SMILES string of the molecule is CN(C)c1ccc(NC(=S)NC(=O)c2cccc(I)c2)cc1. The van der Waals surface area contributed by atoms with Gasteiger partial charge in [0.1, 0.15) is 0 Å². The van der Waals surface area contributed by atoms with E-state index in [1.165, 1.54) is 0 Å². The van der Waals surface area contributed by atoms with E-state index < -0.39 is 0 Å². The molecular formula is C16H16IN3OS. The Kier molecular flexibility index (Phi) is 5.73. The summed E-state index contributed by atoms with van der Waals surface area (Å²) in [4.78, 5) is 14.1. The molecule has 2 rings (SSSR count). The Labute approximate surface area is 149 Å². The predicted molar refractivity (Wildman–Crippen MR) is 104 cm³/mol. The molecule has 6 heteroatoms. The van der Waals surface area contributed by atoms with Crippen LogP contribution in [0, 0.1) is 3.57 Å². The van der Waals surface area contributed by atoms with E-state index in [4.69, 9.17) is 12.2 Å². The maximum absolute atomic E-state index is 12.1. The molecule has 1 amide bonds. The molecule has 0 aromatic heterocycles. The van der Waals surface area contributed by atoms with Gasteiger partial charge in [0.25, 0.3) is 5.91 Å². The molecule has 0 unspecified atom stereocenters. The van der Waals surface area contributed by atoms with E-state index in [-0.39, 0.29) is 11.0 Å². The number of nitrogens with zero attached hydrogens (tertiary/aromatic N) is 1. The Hall–Kier alpha value is -1.67. The largest absolute Gasteiger partial charge is 0.378 e. The molecule has 2 aromatic carbocycles. The van der Waals surface area contributed by atoms with Crippen LogP contribution in [0.25, 0.3) is 0 Å². The minimum atomic E-state index is -0.221. The molecule has 2 N–H and O–H groups in total. The fourth-order valence-corrected chi connectivity index (χ4v) is 2.56. The molecule has 0 radical (unpaired) electrons. The van der Waals surface area contributed by atoms with Gasteiger partial charge in [0, 0.05) is 34.6 Å². The van der Waals surface area contributed by atoms with Crippen LogP contribution in [-0.4, -0.2) is 25.1 Å². The van der Waals surface area contributed by atoms with Gasteiger partial charge >= 0.3 is 0 Å². The Morgan fingerprint density at radius 1 is 1.14 bits per heavy atom. The number of nitrogens with one attached hydrogen (secondary N) is 2. The van der Waals surface area contributed by atoms with Crippen molar-refractivity contribution >= 4 is 57.2 Å². The molecule has 0 saturated heterocycles. The van der Waals surface area contributed by atoms with Crippen molar-refractivity contribution in [2.75, 3.05) is 24.3 Å². The quantitative estimate of drug-likeness (QED) is 0.584. The van der Waals surface area contributed by atoms with E-state index in [9.17, 15) is 4.79 Å². The number of anilines is 2. The zero-order valence-electron chi connectivity index (χ0n) is 12.3. The smallest absolute Gasteiger partial charge is 0.257 e. The number of hydrogen-bond acceptors (Lipinski definition) is 3. The molecule has 2 aromatic rings. The third-order valence-corrected chi connectivity index (χ3v) is 3.83. The Balaban J connectivity index is 1.96. The molecule has 0 aliphatic rings. The summed E-state index contributed by atoms with van der Waals surface area (Å²) in [5.74, 6) is -0.221. The van der Waals surface area contributed by atoms with Crippen LogP contribution in [-0.2, 0) is 0 Å². The van der Waals surface area contributed by atoms with Crippen molar-refractivity contribution in [3.8, 4) is 0 Å². The normalized spacial score (nSPS) is 9.95. The zero-order chi connectivity index (χ0) is 16.1. The van der Waals surface area contributed by atoms with Crippen molar-refractivity contribution in [2.45, 2.75) is 0 Å². The number of carbonyl (C=O) groups excluding carboxylic acids is 1. The molecule has 0 fully saturated rings. The maximum Gasteiger partial charge on any atom is 0.257 e. The zero-order valence-corrected chi connectivity index (χ0v) is 15.2. The van der Waals surface area contributed by atoms with Gasteiger partial charge in [-0.15, -0.1) is 0 Å². The number of halogens is 1. The molecule has 22 heavy (non-hydrogen) atoms. The van der Waals surface area contributed by atoms with Crippen molar-refractivity contribution < 1.29 is 4.79 Å². The van der Waals surface area contributed by atoms with Crippen LogP contribution in [0.15, 0.2) is 48.5 Å². The van der Waals surface area contributed by atoms with Gasteiger partial charge in [-0.2, -0.15) is 0 Å². The molecule has 0 atom stereocenters. The van der Waals surface area contributed by atoms with Crippen LogP contribution in [0.5, 0.6) is 0 Å². The van der Waals surface area contributed by atoms with Crippen LogP contribution in [0.4, 0.5) is 11.4 Å². The molecule has 0 spiro atoms. The highest BCUT2D eigenvalue weighted by Gasteiger charge is 2.08. The lowest BCUT2D eigenvalue weighted by molar-refractivity contribution is 0.0977. The van der Waals surface area contributed by atoms with Gasteiger partial charge < -0.3 is 10.2 Å². The number of amides is 1. The average molecular weight is 425 g/mol. The number of carbonyl (C=O) groups is 1. The molecule has 0 aliphatic heterocycles. The Bertz CT molecular complexity index is 686. The number of hydrogen-bond donors (Lipinski definition) is 2. The van der Waals surface area contributed by atoms with Crippen LogP contribution in [0.3, 0.4) is 0 Å². The number of rotatable bonds is 3. The topological polar surface area (TPSA) is 44.4 Å². The van der Waals surface area contributed by atoms with Crippen LogP contribution in [0.1, 0.15) is 10.4 Å². The first-order chi connectivity index (χ1) is 10.5. The maximum atomic E-state index is 12.1. The van der Waals surface area contributed by atoms with Gasteiger partial charge in [0.05, 0.1) is 0 Å². The highest BCUT2D eigenvalue weighted by molar-refractivity contribution is 14.1. The number of benzene rings is 2. The van der Waals surface area contributed by atoms with Crippen molar-refractivity contribution in [3.63, 3.8) is 0 Å². The molecule has 0 bridgehead atoms. The summed E-state index contributed by atoms with van der Waals surface area (Å²) in [5, 5.41) is 5.96. The fourth-order valence-electron chi connectivity index (χ4n) is 1.81. The second kappa shape index (κ2) is 7.55. The first-order valence-electron chi connectivity index (χ1n) is 6.61. The van der Waals surface area contributed by atoms with Crippen LogP contribution in [0.2, 0.25) is 0 Å². The third kappa shape index (κ3) is 4.67. The van der Waals surface area contributed by atoms with Gasteiger partial charge in [0.15, 0.2) is 5.11 Å². The molecule has 0 heterocycles. The first kappa shape index (κ1) is 16.7. The van der Waals surface area contributed by atoms with Crippen molar-refractivity contribution in [1.82, 2.24) is 5.32 Å². The summed E-state index contributed by atoms with van der Waals surface area (Å²) in [6, 6.07) is 15.1. The summed E-state index contributed by atoms with van der Waals surface area (Å²) in [7, 11) is 3.96. The molecule has 4 nitrogen and oxygen atoms in total. The minimum Gasteiger partial charge on any atom is -0.378 e. The lowest BCUT2D eigenvalue weighted by Gasteiger charge is -2.14. The van der Waals surface area contributed by atoms with Crippen LogP contribution < -0.4 is 15.5 Å². The lowest BCUT2D eigenvalue weighted by Crippen LogP contribution is -2.34. The second-order valence-corrected chi connectivity index (χ2v) is 6.51. The third-order valence-electron chi connectivity index (χ3n) is 2.96. The summed E-state index contributed by atoms with van der Waals surface area (Å²) in [6.07, 6.45) is 0. The first-order valence-corrected chi connectivity index (χ1v) is 8.09. The molecule has 0 aliphatic carbocycles. The Morgan fingerprint density at radius 2 is 1.82 bits per heavy atom. The summed E-state index contributed by atoms with van der Waals surface area (Å²) < 4.78 is 1.00. The van der Waals surface area contributed by atoms with E-state index in [0.29, 0.717) is 5.56 Å².